The maximum atomic E-state index is 11.7. The first-order valence-electron chi connectivity index (χ1n) is 10.4. The number of aryl methyl sites for hydroxylation is 1. The van der Waals surface area contributed by atoms with E-state index in [4.69, 9.17) is 16.3 Å². The lowest BCUT2D eigenvalue weighted by Crippen LogP contribution is -2.36. The topological polar surface area (TPSA) is 108 Å². The molecule has 4 rings (SSSR count). The minimum absolute atomic E-state index is 0.300. The van der Waals surface area contributed by atoms with Gasteiger partial charge in [0.05, 0.1) is 37.0 Å². The van der Waals surface area contributed by atoms with Gasteiger partial charge in [0.25, 0.3) is 0 Å². The number of aromatic nitrogens is 2. The van der Waals surface area contributed by atoms with Crippen LogP contribution in [-0.4, -0.2) is 50.9 Å². The zero-order valence-electron chi connectivity index (χ0n) is 18.3. The summed E-state index contributed by atoms with van der Waals surface area (Å²) >= 11 is 6.30. The Bertz CT molecular complexity index is 1250. The van der Waals surface area contributed by atoms with E-state index >= 15 is 0 Å². The summed E-state index contributed by atoms with van der Waals surface area (Å²) in [6.07, 6.45) is 2.58. The maximum absolute atomic E-state index is 11.7. The predicted molar refractivity (Wildman–Crippen MR) is 133 cm³/mol. The number of morpholine rings is 1. The third-order valence-corrected chi connectivity index (χ3v) is 5.89. The molecule has 0 saturated carbocycles. The van der Waals surface area contributed by atoms with Crippen LogP contribution in [0.2, 0.25) is 5.02 Å². The van der Waals surface area contributed by atoms with Crippen LogP contribution in [0.4, 0.5) is 34.5 Å². The van der Waals surface area contributed by atoms with Gasteiger partial charge >= 0.3 is 0 Å². The Morgan fingerprint density at radius 1 is 1.06 bits per heavy atom. The molecule has 3 aromatic rings. The molecule has 0 amide bonds. The summed E-state index contributed by atoms with van der Waals surface area (Å²) in [6, 6.07) is 13.0. The number of sulfonamides is 1. The van der Waals surface area contributed by atoms with Crippen molar-refractivity contribution in [2.24, 2.45) is 0 Å². The average Bonchev–Trinajstić information content (AvgIpc) is 2.77. The number of hydrogen-bond donors (Lipinski definition) is 3. The Balaban J connectivity index is 1.53. The van der Waals surface area contributed by atoms with E-state index in [9.17, 15) is 8.42 Å². The van der Waals surface area contributed by atoms with Crippen molar-refractivity contribution in [1.82, 2.24) is 9.97 Å². The molecule has 0 bridgehead atoms. The highest BCUT2D eigenvalue weighted by Gasteiger charge is 2.14. The Hall–Kier alpha value is -3.08. The normalized spacial score (nSPS) is 14.1. The lowest BCUT2D eigenvalue weighted by Gasteiger charge is -2.30. The van der Waals surface area contributed by atoms with E-state index in [2.05, 4.69) is 43.2 Å². The standard InChI is InChI=1S/C22H25ClN6O3S/c1-15-13-16(7-8-20(15)29-9-11-32-12-10-29)25-22-24-14-17(23)21(27-22)26-18-5-3-4-6-19(18)28-33(2,30)31/h3-8,13-14,28H,9-12H2,1-2H3,(H2,24,25,26,27). The molecule has 0 radical (unpaired) electrons. The van der Waals surface area contributed by atoms with Crippen molar-refractivity contribution in [3.63, 3.8) is 0 Å². The van der Waals surface area contributed by atoms with Crippen molar-refractivity contribution >= 4 is 56.1 Å². The van der Waals surface area contributed by atoms with E-state index in [1.54, 1.807) is 24.3 Å². The molecule has 9 nitrogen and oxygen atoms in total. The summed E-state index contributed by atoms with van der Waals surface area (Å²) in [7, 11) is -3.45. The van der Waals surface area contributed by atoms with E-state index in [1.165, 1.54) is 11.9 Å². The van der Waals surface area contributed by atoms with Crippen molar-refractivity contribution in [2.75, 3.05) is 52.8 Å². The zero-order chi connectivity index (χ0) is 23.4. The Morgan fingerprint density at radius 2 is 1.79 bits per heavy atom. The van der Waals surface area contributed by atoms with Gasteiger partial charge in [0, 0.05) is 24.5 Å². The summed E-state index contributed by atoms with van der Waals surface area (Å²) in [5, 5.41) is 6.59. The van der Waals surface area contributed by atoms with Crippen molar-refractivity contribution in [3.8, 4) is 0 Å². The number of anilines is 6. The van der Waals surface area contributed by atoms with Crippen molar-refractivity contribution < 1.29 is 13.2 Å². The third kappa shape index (κ3) is 6.04. The predicted octanol–water partition coefficient (Wildman–Crippen LogP) is 4.13. The minimum atomic E-state index is -3.45. The van der Waals surface area contributed by atoms with Gasteiger partial charge in [-0.15, -0.1) is 0 Å². The SMILES string of the molecule is Cc1cc(Nc2ncc(Cl)c(Nc3ccccc3NS(C)(=O)=O)n2)ccc1N1CCOCC1. The van der Waals surface area contributed by atoms with Gasteiger partial charge in [0.1, 0.15) is 5.02 Å². The third-order valence-electron chi connectivity index (χ3n) is 5.02. The summed E-state index contributed by atoms with van der Waals surface area (Å²) in [5.74, 6) is 0.701. The van der Waals surface area contributed by atoms with E-state index in [1.807, 2.05) is 12.1 Å². The Morgan fingerprint density at radius 3 is 2.48 bits per heavy atom. The molecule has 2 aromatic carbocycles. The number of rotatable bonds is 7. The number of benzene rings is 2. The number of para-hydroxylation sites is 2. The summed E-state index contributed by atoms with van der Waals surface area (Å²) in [6.45, 7) is 5.28. The van der Waals surface area contributed by atoms with Gasteiger partial charge in [-0.3, -0.25) is 4.72 Å². The van der Waals surface area contributed by atoms with Gasteiger partial charge in [-0.2, -0.15) is 4.98 Å². The highest BCUT2D eigenvalue weighted by Crippen LogP contribution is 2.30. The number of nitrogens with zero attached hydrogens (tertiary/aromatic N) is 3. The minimum Gasteiger partial charge on any atom is -0.378 e. The highest BCUT2D eigenvalue weighted by molar-refractivity contribution is 7.92. The molecule has 1 aromatic heterocycles. The zero-order valence-corrected chi connectivity index (χ0v) is 19.9. The maximum Gasteiger partial charge on any atom is 0.229 e. The quantitative estimate of drug-likeness (QED) is 0.455. The summed E-state index contributed by atoms with van der Waals surface area (Å²) in [4.78, 5) is 11.1. The second kappa shape index (κ2) is 9.82. The molecule has 0 atom stereocenters. The molecule has 3 N–H and O–H groups in total. The van der Waals surface area contributed by atoms with Crippen LogP contribution in [0.3, 0.4) is 0 Å². The van der Waals surface area contributed by atoms with Gasteiger partial charge in [-0.1, -0.05) is 23.7 Å². The smallest absolute Gasteiger partial charge is 0.229 e. The molecule has 1 fully saturated rings. The highest BCUT2D eigenvalue weighted by atomic mass is 35.5. The molecule has 1 aliphatic rings. The van der Waals surface area contributed by atoms with Crippen molar-refractivity contribution in [3.05, 3.63) is 59.2 Å². The van der Waals surface area contributed by atoms with E-state index in [0.29, 0.717) is 28.2 Å². The molecule has 1 saturated heterocycles. The molecule has 0 unspecified atom stereocenters. The monoisotopic (exact) mass is 488 g/mol. The molecular weight excluding hydrogens is 464 g/mol. The van der Waals surface area contributed by atoms with E-state index in [-0.39, 0.29) is 0 Å². The Kier molecular flexibility index (Phi) is 6.87. The lowest BCUT2D eigenvalue weighted by atomic mass is 10.1. The van der Waals surface area contributed by atoms with E-state index in [0.717, 1.165) is 43.8 Å². The molecule has 174 valence electrons. The first kappa shape index (κ1) is 23.1. The molecule has 11 heteroatoms. The fraction of sp³-hybridized carbons (Fsp3) is 0.273. The molecule has 1 aliphatic heterocycles. The van der Waals surface area contributed by atoms with Gasteiger partial charge in [0.2, 0.25) is 16.0 Å². The van der Waals surface area contributed by atoms with Crippen LogP contribution in [0.1, 0.15) is 5.56 Å². The summed E-state index contributed by atoms with van der Waals surface area (Å²) in [5.41, 5.74) is 4.06. The van der Waals surface area contributed by atoms with Gasteiger partial charge in [-0.25, -0.2) is 13.4 Å². The second-order valence-corrected chi connectivity index (χ2v) is 9.82. The molecule has 0 aliphatic carbocycles. The van der Waals surface area contributed by atoms with E-state index < -0.39 is 10.0 Å². The number of halogens is 1. The second-order valence-electron chi connectivity index (χ2n) is 7.66. The van der Waals surface area contributed by atoms with Gasteiger partial charge < -0.3 is 20.3 Å². The fourth-order valence-electron chi connectivity index (χ4n) is 3.54. The van der Waals surface area contributed by atoms with Crippen LogP contribution >= 0.6 is 11.6 Å². The molecule has 33 heavy (non-hydrogen) atoms. The van der Waals surface area contributed by atoms with Crippen molar-refractivity contribution in [2.45, 2.75) is 6.92 Å². The van der Waals surface area contributed by atoms with Gasteiger partial charge in [-0.05, 0) is 42.8 Å². The lowest BCUT2D eigenvalue weighted by molar-refractivity contribution is 0.122. The number of hydrogen-bond acceptors (Lipinski definition) is 8. The first-order chi connectivity index (χ1) is 15.8. The fourth-order valence-corrected chi connectivity index (χ4v) is 4.26. The van der Waals surface area contributed by atoms with Crippen LogP contribution in [0.15, 0.2) is 48.7 Å². The molecular formula is C22H25ClN6O3S. The number of ether oxygens (including phenoxy) is 1. The summed E-state index contributed by atoms with van der Waals surface area (Å²) < 4.78 is 31.3. The Labute approximate surface area is 198 Å². The molecule has 0 spiro atoms. The number of nitrogens with one attached hydrogen (secondary N) is 3. The van der Waals surface area contributed by atoms with Crippen LogP contribution in [0.5, 0.6) is 0 Å². The molecule has 2 heterocycles. The van der Waals surface area contributed by atoms with Gasteiger partial charge in [0.15, 0.2) is 5.82 Å². The average molecular weight is 489 g/mol. The van der Waals surface area contributed by atoms with Crippen LogP contribution in [0, 0.1) is 6.92 Å². The first-order valence-corrected chi connectivity index (χ1v) is 12.6. The van der Waals surface area contributed by atoms with Crippen LogP contribution < -0.4 is 20.3 Å². The largest absolute Gasteiger partial charge is 0.378 e. The van der Waals surface area contributed by atoms with Crippen LogP contribution in [-0.2, 0) is 14.8 Å². The van der Waals surface area contributed by atoms with Crippen LogP contribution in [0.25, 0.3) is 0 Å². The van der Waals surface area contributed by atoms with Crippen molar-refractivity contribution in [1.29, 1.82) is 0 Å².